The number of benzene rings is 2. The van der Waals surface area contributed by atoms with Crippen molar-refractivity contribution in [3.63, 3.8) is 0 Å². The van der Waals surface area contributed by atoms with Crippen LogP contribution in [-0.4, -0.2) is 69.2 Å². The van der Waals surface area contributed by atoms with Crippen LogP contribution in [0.1, 0.15) is 41.6 Å². The van der Waals surface area contributed by atoms with Crippen LogP contribution in [0.2, 0.25) is 0 Å². The predicted molar refractivity (Wildman–Crippen MR) is 133 cm³/mol. The first-order chi connectivity index (χ1) is 19.0. The van der Waals surface area contributed by atoms with Crippen molar-refractivity contribution in [3.05, 3.63) is 69.8 Å². The SMILES string of the molecule is O=C(c1cc(Cn2ncc(=O)c3cccc(OC(=O)C(F)(F)F)c32)ccc1F)N1CCN(C2CCCC2)C(=O)C1. The number of hydrogen-bond donors (Lipinski definition) is 0. The fourth-order valence-electron chi connectivity index (χ4n) is 5.24. The number of esters is 1. The van der Waals surface area contributed by atoms with E-state index in [1.807, 2.05) is 0 Å². The number of carbonyl (C=O) groups is 3. The van der Waals surface area contributed by atoms with E-state index in [-0.39, 0.29) is 48.0 Å². The number of ether oxygens (including phenoxy) is 1. The number of nitrogens with zero attached hydrogens (tertiary/aromatic N) is 4. The topological polar surface area (TPSA) is 102 Å². The Labute approximate surface area is 224 Å². The van der Waals surface area contributed by atoms with Gasteiger partial charge in [0, 0.05) is 19.1 Å². The van der Waals surface area contributed by atoms with Crippen LogP contribution in [0.3, 0.4) is 0 Å². The highest BCUT2D eigenvalue weighted by molar-refractivity contribution is 5.97. The fraction of sp³-hybridized carbons (Fsp3) is 0.370. The summed E-state index contributed by atoms with van der Waals surface area (Å²) in [4.78, 5) is 52.9. The molecule has 3 aromatic rings. The third-order valence-electron chi connectivity index (χ3n) is 7.17. The lowest BCUT2D eigenvalue weighted by molar-refractivity contribution is -0.189. The highest BCUT2D eigenvalue weighted by Crippen LogP contribution is 2.28. The minimum absolute atomic E-state index is 0.0560. The highest BCUT2D eigenvalue weighted by atomic mass is 19.4. The van der Waals surface area contributed by atoms with Gasteiger partial charge >= 0.3 is 12.1 Å². The van der Waals surface area contributed by atoms with Gasteiger partial charge in [-0.2, -0.15) is 18.3 Å². The first kappa shape index (κ1) is 27.3. The van der Waals surface area contributed by atoms with Crippen LogP contribution < -0.4 is 10.2 Å². The molecule has 1 saturated carbocycles. The summed E-state index contributed by atoms with van der Waals surface area (Å²) in [5.74, 6) is -4.68. The zero-order chi connectivity index (χ0) is 28.6. The van der Waals surface area contributed by atoms with Gasteiger partial charge in [-0.25, -0.2) is 9.18 Å². The third kappa shape index (κ3) is 5.40. The molecular formula is C27H24F4N4O5. The summed E-state index contributed by atoms with van der Waals surface area (Å²) in [6.07, 6.45) is -0.348. The van der Waals surface area contributed by atoms with E-state index in [0.29, 0.717) is 12.1 Å². The van der Waals surface area contributed by atoms with E-state index < -0.39 is 35.0 Å². The van der Waals surface area contributed by atoms with Crippen LogP contribution in [0.15, 0.2) is 47.4 Å². The minimum atomic E-state index is -5.27. The van der Waals surface area contributed by atoms with Crippen molar-refractivity contribution < 1.29 is 36.7 Å². The van der Waals surface area contributed by atoms with Crippen molar-refractivity contribution in [1.29, 1.82) is 0 Å². The van der Waals surface area contributed by atoms with Gasteiger partial charge in [0.2, 0.25) is 11.3 Å². The quantitative estimate of drug-likeness (QED) is 0.270. The van der Waals surface area contributed by atoms with Crippen LogP contribution in [-0.2, 0) is 16.1 Å². The monoisotopic (exact) mass is 560 g/mol. The maximum atomic E-state index is 14.8. The molecule has 210 valence electrons. The Kier molecular flexibility index (Phi) is 7.30. The second kappa shape index (κ2) is 10.7. The van der Waals surface area contributed by atoms with E-state index >= 15 is 0 Å². The molecule has 40 heavy (non-hydrogen) atoms. The number of para-hydroxylation sites is 1. The lowest BCUT2D eigenvalue weighted by atomic mass is 10.1. The van der Waals surface area contributed by atoms with Gasteiger partial charge in [-0.15, -0.1) is 0 Å². The maximum Gasteiger partial charge on any atom is 0.491 e. The number of alkyl halides is 3. The maximum absolute atomic E-state index is 14.8. The number of piperazine rings is 1. The summed E-state index contributed by atoms with van der Waals surface area (Å²) >= 11 is 0. The van der Waals surface area contributed by atoms with E-state index in [1.54, 1.807) is 4.90 Å². The van der Waals surface area contributed by atoms with Crippen LogP contribution in [0, 0.1) is 5.82 Å². The summed E-state index contributed by atoms with van der Waals surface area (Å²) in [6, 6.07) is 7.54. The van der Waals surface area contributed by atoms with Crippen LogP contribution in [0.5, 0.6) is 5.75 Å². The molecule has 2 fully saturated rings. The molecule has 5 rings (SSSR count). The molecule has 9 nitrogen and oxygen atoms in total. The van der Waals surface area contributed by atoms with Gasteiger partial charge in [0.05, 0.1) is 23.7 Å². The number of fused-ring (bicyclic) bond motifs is 1. The van der Waals surface area contributed by atoms with Crippen molar-refractivity contribution in [2.75, 3.05) is 19.6 Å². The van der Waals surface area contributed by atoms with Gasteiger partial charge in [-0.1, -0.05) is 25.0 Å². The molecule has 0 bridgehead atoms. The van der Waals surface area contributed by atoms with Gasteiger partial charge in [0.25, 0.3) is 5.91 Å². The molecule has 1 aromatic heterocycles. The average Bonchev–Trinajstić information content (AvgIpc) is 3.45. The Morgan fingerprint density at radius 1 is 1.05 bits per heavy atom. The average molecular weight is 561 g/mol. The molecule has 2 aliphatic rings. The summed E-state index contributed by atoms with van der Waals surface area (Å²) in [5, 5.41) is 3.91. The Bertz CT molecular complexity index is 1550. The molecule has 0 atom stereocenters. The molecule has 1 aliphatic carbocycles. The lowest BCUT2D eigenvalue weighted by Gasteiger charge is -2.37. The summed E-state index contributed by atoms with van der Waals surface area (Å²) in [5.41, 5.74) is -0.755. The summed E-state index contributed by atoms with van der Waals surface area (Å²) in [6.45, 7) is 0.249. The molecule has 0 N–H and O–H groups in total. The number of amides is 2. The van der Waals surface area contributed by atoms with Crippen LogP contribution >= 0.6 is 0 Å². The Morgan fingerprint density at radius 3 is 2.50 bits per heavy atom. The molecule has 0 spiro atoms. The summed E-state index contributed by atoms with van der Waals surface area (Å²) in [7, 11) is 0. The van der Waals surface area contributed by atoms with E-state index in [1.165, 1.54) is 29.2 Å². The number of carbonyl (C=O) groups excluding carboxylic acids is 3. The molecule has 0 radical (unpaired) electrons. The molecule has 1 saturated heterocycles. The molecule has 2 heterocycles. The van der Waals surface area contributed by atoms with Crippen molar-refractivity contribution >= 4 is 28.7 Å². The first-order valence-electron chi connectivity index (χ1n) is 12.7. The van der Waals surface area contributed by atoms with Crippen molar-refractivity contribution in [2.45, 2.75) is 44.4 Å². The second-order valence-electron chi connectivity index (χ2n) is 9.77. The lowest BCUT2D eigenvalue weighted by Crippen LogP contribution is -2.55. The van der Waals surface area contributed by atoms with E-state index in [0.717, 1.165) is 48.7 Å². The largest absolute Gasteiger partial charge is 0.491 e. The third-order valence-corrected chi connectivity index (χ3v) is 7.17. The molecule has 2 amide bonds. The van der Waals surface area contributed by atoms with Gasteiger partial charge in [-0.05, 0) is 42.7 Å². The van der Waals surface area contributed by atoms with Crippen molar-refractivity contribution in [1.82, 2.24) is 19.6 Å². The highest BCUT2D eigenvalue weighted by Gasteiger charge is 2.42. The Balaban J connectivity index is 1.41. The number of halogens is 4. The zero-order valence-corrected chi connectivity index (χ0v) is 21.1. The first-order valence-corrected chi connectivity index (χ1v) is 12.7. The van der Waals surface area contributed by atoms with Gasteiger partial charge in [0.15, 0.2) is 5.75 Å². The number of aromatic nitrogens is 2. The van der Waals surface area contributed by atoms with Crippen LogP contribution in [0.25, 0.3) is 10.9 Å². The molecule has 2 aromatic carbocycles. The van der Waals surface area contributed by atoms with E-state index in [2.05, 4.69) is 9.84 Å². The molecular weight excluding hydrogens is 536 g/mol. The van der Waals surface area contributed by atoms with Gasteiger partial charge in [-0.3, -0.25) is 19.1 Å². The van der Waals surface area contributed by atoms with Gasteiger partial charge in [0.1, 0.15) is 17.9 Å². The Hall–Kier alpha value is -4.29. The van der Waals surface area contributed by atoms with Crippen molar-refractivity contribution in [2.24, 2.45) is 0 Å². The smallest absolute Gasteiger partial charge is 0.418 e. The van der Waals surface area contributed by atoms with Crippen molar-refractivity contribution in [3.8, 4) is 5.75 Å². The zero-order valence-electron chi connectivity index (χ0n) is 21.1. The summed E-state index contributed by atoms with van der Waals surface area (Å²) < 4.78 is 59.0. The van der Waals surface area contributed by atoms with E-state index in [4.69, 9.17) is 0 Å². The minimum Gasteiger partial charge on any atom is -0.418 e. The Morgan fingerprint density at radius 2 is 1.80 bits per heavy atom. The fourth-order valence-corrected chi connectivity index (χ4v) is 5.24. The predicted octanol–water partition coefficient (Wildman–Crippen LogP) is 3.28. The molecule has 0 unspecified atom stereocenters. The van der Waals surface area contributed by atoms with Crippen LogP contribution in [0.4, 0.5) is 17.6 Å². The van der Waals surface area contributed by atoms with E-state index in [9.17, 15) is 36.7 Å². The van der Waals surface area contributed by atoms with Gasteiger partial charge < -0.3 is 14.5 Å². The molecule has 1 aliphatic heterocycles. The second-order valence-corrected chi connectivity index (χ2v) is 9.77. The normalized spacial score (nSPS) is 16.6. The standard InChI is InChI=1S/C27H24F4N4O5/c28-20-9-8-16(12-19(20)25(38)33-10-11-34(23(37)15-33)17-4-1-2-5-17)14-35-24-18(21(36)13-32-35)6-3-7-22(24)40-26(39)27(29,30)31/h3,6-9,12-13,17H,1-2,4-5,10-11,14-15H2. The molecule has 13 heteroatoms. The number of hydrogen-bond acceptors (Lipinski definition) is 6. The number of rotatable bonds is 5.